The molecule has 3 N–H and O–H groups in total. The molecule has 7 heteroatoms. The van der Waals surface area contributed by atoms with E-state index in [1.165, 1.54) is 0 Å². The zero-order valence-corrected chi connectivity index (χ0v) is 14.7. The van der Waals surface area contributed by atoms with Gasteiger partial charge in [0.05, 0.1) is 5.54 Å². The van der Waals surface area contributed by atoms with E-state index in [2.05, 4.69) is 36.2 Å². The summed E-state index contributed by atoms with van der Waals surface area (Å²) in [7, 11) is 0. The third-order valence-electron chi connectivity index (χ3n) is 3.20. The summed E-state index contributed by atoms with van der Waals surface area (Å²) >= 11 is 0. The zero-order chi connectivity index (χ0) is 17.6. The number of ether oxygens (including phenoxy) is 2. The first-order valence-electron chi connectivity index (χ1n) is 8.00. The number of aromatic nitrogens is 2. The van der Waals surface area contributed by atoms with Crippen molar-refractivity contribution >= 4 is 0 Å². The number of aliphatic hydroxyl groups excluding tert-OH is 1. The van der Waals surface area contributed by atoms with Crippen molar-refractivity contribution in [1.82, 2.24) is 10.1 Å². The van der Waals surface area contributed by atoms with Crippen LogP contribution in [0.3, 0.4) is 0 Å². The number of quaternary nitrogens is 1. The van der Waals surface area contributed by atoms with Crippen molar-refractivity contribution in [3.63, 3.8) is 0 Å². The summed E-state index contributed by atoms with van der Waals surface area (Å²) in [4.78, 5) is 4.09. The molecule has 2 aromatic rings. The Morgan fingerprint density at radius 3 is 2.46 bits per heavy atom. The molecular weight excluding hydrogens is 310 g/mol. The van der Waals surface area contributed by atoms with Gasteiger partial charge in [-0.05, 0) is 39.8 Å². The Bertz CT molecular complexity index is 637. The predicted octanol–water partition coefficient (Wildman–Crippen LogP) is 1.06. The molecule has 7 nitrogen and oxygen atoms in total. The first-order valence-corrected chi connectivity index (χ1v) is 8.00. The number of para-hydroxylation sites is 2. The van der Waals surface area contributed by atoms with Crippen molar-refractivity contribution in [2.45, 2.75) is 45.9 Å². The maximum atomic E-state index is 10.0. The molecule has 0 saturated carbocycles. The van der Waals surface area contributed by atoms with Crippen molar-refractivity contribution in [2.75, 3.05) is 13.2 Å². The van der Waals surface area contributed by atoms with E-state index in [9.17, 15) is 5.11 Å². The number of aliphatic hydroxyl groups is 1. The minimum atomic E-state index is -0.559. The molecule has 0 aliphatic rings. The molecule has 24 heavy (non-hydrogen) atoms. The van der Waals surface area contributed by atoms with E-state index < -0.39 is 6.10 Å². The SMILES string of the molecule is Cc1noc(COc2ccccc2OC[C@@H](O)C[NH2+]C(C)(C)C)n1. The lowest BCUT2D eigenvalue weighted by Crippen LogP contribution is -2.96. The molecule has 0 bridgehead atoms. The van der Waals surface area contributed by atoms with E-state index >= 15 is 0 Å². The minimum absolute atomic E-state index is 0.0736. The zero-order valence-electron chi connectivity index (χ0n) is 14.7. The predicted molar refractivity (Wildman–Crippen MR) is 87.9 cm³/mol. The number of nitrogens with zero attached hydrogens (tertiary/aromatic N) is 2. The highest BCUT2D eigenvalue weighted by Gasteiger charge is 2.17. The second kappa shape index (κ2) is 8.12. The second-order valence-electron chi connectivity index (χ2n) is 6.74. The van der Waals surface area contributed by atoms with Crippen LogP contribution in [-0.4, -0.2) is 40.0 Å². The van der Waals surface area contributed by atoms with Crippen LogP contribution in [0.2, 0.25) is 0 Å². The van der Waals surface area contributed by atoms with Gasteiger partial charge in [0.2, 0.25) is 0 Å². The standard InChI is InChI=1S/C17H25N3O4/c1-12-19-16(24-20-12)11-23-15-8-6-5-7-14(15)22-10-13(21)9-18-17(2,3)4/h5-8,13,18,21H,9-11H2,1-4H3/p+1/t13-/m0/s1. The highest BCUT2D eigenvalue weighted by atomic mass is 16.5. The topological polar surface area (TPSA) is 94.2 Å². The van der Waals surface area contributed by atoms with Gasteiger partial charge in [0, 0.05) is 0 Å². The lowest BCUT2D eigenvalue weighted by molar-refractivity contribution is -0.722. The third-order valence-corrected chi connectivity index (χ3v) is 3.20. The van der Waals surface area contributed by atoms with Crippen LogP contribution in [0.15, 0.2) is 28.8 Å². The Hall–Kier alpha value is -2.12. The van der Waals surface area contributed by atoms with Gasteiger partial charge < -0.3 is 24.4 Å². The fraction of sp³-hybridized carbons (Fsp3) is 0.529. The van der Waals surface area contributed by atoms with E-state index in [0.29, 0.717) is 29.8 Å². The van der Waals surface area contributed by atoms with Gasteiger partial charge in [0.1, 0.15) is 19.3 Å². The van der Waals surface area contributed by atoms with Crippen LogP contribution in [0.4, 0.5) is 0 Å². The Morgan fingerprint density at radius 1 is 1.21 bits per heavy atom. The molecule has 1 heterocycles. The number of benzene rings is 1. The Kier molecular flexibility index (Phi) is 6.16. The van der Waals surface area contributed by atoms with Gasteiger partial charge in [-0.25, -0.2) is 0 Å². The van der Waals surface area contributed by atoms with Crippen molar-refractivity contribution in [1.29, 1.82) is 0 Å². The minimum Gasteiger partial charge on any atom is -0.487 e. The number of aryl methyl sites for hydroxylation is 1. The van der Waals surface area contributed by atoms with E-state index in [4.69, 9.17) is 14.0 Å². The van der Waals surface area contributed by atoms with Crippen LogP contribution < -0.4 is 14.8 Å². The Morgan fingerprint density at radius 2 is 1.88 bits per heavy atom. The largest absolute Gasteiger partial charge is 0.487 e. The van der Waals surface area contributed by atoms with Gasteiger partial charge in [-0.2, -0.15) is 4.98 Å². The molecule has 0 aliphatic heterocycles. The Labute approximate surface area is 142 Å². The van der Waals surface area contributed by atoms with Gasteiger partial charge in [-0.3, -0.25) is 0 Å². The van der Waals surface area contributed by atoms with Gasteiger partial charge in [-0.15, -0.1) is 0 Å². The molecule has 1 atom stereocenters. The monoisotopic (exact) mass is 336 g/mol. The third kappa shape index (κ3) is 6.17. The number of hydrogen-bond donors (Lipinski definition) is 2. The maximum Gasteiger partial charge on any atom is 0.264 e. The highest BCUT2D eigenvalue weighted by Crippen LogP contribution is 2.27. The molecule has 2 rings (SSSR count). The summed E-state index contributed by atoms with van der Waals surface area (Å²) in [5.74, 6) is 2.11. The van der Waals surface area contributed by atoms with Crippen molar-refractivity contribution < 1.29 is 24.4 Å². The average molecular weight is 336 g/mol. The summed E-state index contributed by atoms with van der Waals surface area (Å²) < 4.78 is 16.4. The van der Waals surface area contributed by atoms with Crippen LogP contribution in [-0.2, 0) is 6.61 Å². The van der Waals surface area contributed by atoms with Crippen LogP contribution in [0.5, 0.6) is 11.5 Å². The Balaban J connectivity index is 1.86. The van der Waals surface area contributed by atoms with E-state index in [-0.39, 0.29) is 18.8 Å². The number of rotatable bonds is 8. The number of nitrogens with two attached hydrogens (primary N) is 1. The van der Waals surface area contributed by atoms with Crippen LogP contribution in [0.1, 0.15) is 32.5 Å². The molecule has 132 valence electrons. The molecule has 0 amide bonds. The molecule has 0 saturated heterocycles. The molecule has 1 aromatic heterocycles. The number of hydrogen-bond acceptors (Lipinski definition) is 6. The molecule has 0 aliphatic carbocycles. The van der Waals surface area contributed by atoms with E-state index in [1.54, 1.807) is 19.1 Å². The summed E-state index contributed by atoms with van der Waals surface area (Å²) in [6.07, 6.45) is -0.559. The second-order valence-corrected chi connectivity index (χ2v) is 6.74. The summed E-state index contributed by atoms with van der Waals surface area (Å²) in [6.45, 7) is 9.00. The fourth-order valence-electron chi connectivity index (χ4n) is 1.97. The fourth-order valence-corrected chi connectivity index (χ4v) is 1.97. The van der Waals surface area contributed by atoms with Gasteiger partial charge in [0.25, 0.3) is 5.89 Å². The first-order chi connectivity index (χ1) is 11.3. The van der Waals surface area contributed by atoms with E-state index in [1.807, 2.05) is 12.1 Å². The summed E-state index contributed by atoms with van der Waals surface area (Å²) in [6, 6.07) is 7.30. The van der Waals surface area contributed by atoms with Crippen LogP contribution in [0, 0.1) is 6.92 Å². The molecule has 0 unspecified atom stereocenters. The van der Waals surface area contributed by atoms with Gasteiger partial charge in [-0.1, -0.05) is 17.3 Å². The van der Waals surface area contributed by atoms with E-state index in [0.717, 1.165) is 0 Å². The normalized spacial score (nSPS) is 12.9. The molecule has 0 fully saturated rings. The van der Waals surface area contributed by atoms with Crippen LogP contribution >= 0.6 is 0 Å². The lowest BCUT2D eigenvalue weighted by atomic mass is 10.1. The smallest absolute Gasteiger partial charge is 0.264 e. The summed E-state index contributed by atoms with van der Waals surface area (Å²) in [5, 5.41) is 15.8. The summed E-state index contributed by atoms with van der Waals surface area (Å²) in [5.41, 5.74) is 0.0736. The lowest BCUT2D eigenvalue weighted by Gasteiger charge is -2.20. The molecule has 0 radical (unpaired) electrons. The van der Waals surface area contributed by atoms with Gasteiger partial charge in [0.15, 0.2) is 23.9 Å². The molecule has 1 aromatic carbocycles. The molecular formula is C17H26N3O4+. The highest BCUT2D eigenvalue weighted by molar-refractivity contribution is 5.39. The van der Waals surface area contributed by atoms with Crippen molar-refractivity contribution in [2.24, 2.45) is 0 Å². The van der Waals surface area contributed by atoms with Gasteiger partial charge >= 0.3 is 0 Å². The van der Waals surface area contributed by atoms with Crippen molar-refractivity contribution in [3.05, 3.63) is 36.0 Å². The first kappa shape index (κ1) is 18.2. The average Bonchev–Trinajstić information content (AvgIpc) is 2.94. The quantitative estimate of drug-likeness (QED) is 0.748. The molecule has 0 spiro atoms. The maximum absolute atomic E-state index is 10.0. The van der Waals surface area contributed by atoms with Crippen LogP contribution in [0.25, 0.3) is 0 Å². The van der Waals surface area contributed by atoms with Crippen molar-refractivity contribution in [3.8, 4) is 11.5 Å².